The Bertz CT molecular complexity index is 256. The van der Waals surface area contributed by atoms with E-state index in [0.717, 1.165) is 18.7 Å². The molecule has 0 spiro atoms. The quantitative estimate of drug-likeness (QED) is 0.473. The molecule has 1 aromatic carbocycles. The molecule has 0 amide bonds. The lowest BCUT2D eigenvalue weighted by Gasteiger charge is -2.33. The van der Waals surface area contributed by atoms with Crippen molar-refractivity contribution in [2.24, 2.45) is 5.41 Å². The summed E-state index contributed by atoms with van der Waals surface area (Å²) in [6.07, 6.45) is 0. The number of hydrogen-bond donors (Lipinski definition) is 0. The summed E-state index contributed by atoms with van der Waals surface area (Å²) in [6, 6.07) is 8.07. The van der Waals surface area contributed by atoms with Gasteiger partial charge < -0.3 is 9.31 Å². The molecule has 1 saturated heterocycles. The molecule has 3 heteroatoms. The van der Waals surface area contributed by atoms with Crippen molar-refractivity contribution in [1.82, 2.24) is 0 Å². The summed E-state index contributed by atoms with van der Waals surface area (Å²) >= 11 is 0. The van der Waals surface area contributed by atoms with E-state index in [2.05, 4.69) is 13.8 Å². The fourth-order valence-electron chi connectivity index (χ4n) is 1.43. The van der Waals surface area contributed by atoms with Gasteiger partial charge in [-0.1, -0.05) is 13.8 Å². The zero-order valence-corrected chi connectivity index (χ0v) is 8.12. The average Bonchev–Trinajstić information content (AvgIpc) is 2.56. The lowest BCUT2D eigenvalue weighted by molar-refractivity contribution is 0.0343. The molecular weight excluding hydrogens is 163 g/mol. The van der Waals surface area contributed by atoms with Crippen LogP contribution in [0.1, 0.15) is 13.8 Å². The van der Waals surface area contributed by atoms with Gasteiger partial charge in [-0.15, -0.1) is 5.46 Å². The van der Waals surface area contributed by atoms with Gasteiger partial charge in [0, 0.05) is 18.6 Å². The third kappa shape index (κ3) is 1.98. The van der Waals surface area contributed by atoms with E-state index in [1.165, 1.54) is 0 Å². The minimum absolute atomic E-state index is 0.150. The van der Waals surface area contributed by atoms with Crippen molar-refractivity contribution in [2.45, 2.75) is 13.8 Å². The smallest absolute Gasteiger partial charge is 0.408 e. The van der Waals surface area contributed by atoms with E-state index in [9.17, 15) is 0 Å². The molecule has 2 nitrogen and oxygen atoms in total. The van der Waals surface area contributed by atoms with E-state index < -0.39 is 0 Å². The molecule has 0 saturated carbocycles. The summed E-state index contributed by atoms with van der Waals surface area (Å²) in [7, 11) is -0.150. The van der Waals surface area contributed by atoms with Crippen LogP contribution in [0.3, 0.4) is 0 Å². The van der Waals surface area contributed by atoms with E-state index in [4.69, 9.17) is 9.31 Å². The molecular formula is C10H14BO2-. The van der Waals surface area contributed by atoms with Crippen molar-refractivity contribution in [3.05, 3.63) is 24.3 Å². The molecule has 0 N–H and O–H groups in total. The maximum Gasteiger partial charge on any atom is 0.467 e. The van der Waals surface area contributed by atoms with E-state index in [1.807, 2.05) is 24.3 Å². The maximum atomic E-state index is 5.62. The lowest BCUT2D eigenvalue weighted by atomic mass is 9.77. The second-order valence-electron chi connectivity index (χ2n) is 4.34. The Labute approximate surface area is 79.4 Å². The van der Waals surface area contributed by atoms with Gasteiger partial charge in [-0.05, 0) is 0 Å². The topological polar surface area (TPSA) is 18.5 Å². The minimum Gasteiger partial charge on any atom is -0.408 e. The summed E-state index contributed by atoms with van der Waals surface area (Å²) in [4.78, 5) is 0. The monoisotopic (exact) mass is 177 g/mol. The Morgan fingerprint density at radius 2 is 2.08 bits per heavy atom. The van der Waals surface area contributed by atoms with Crippen LogP contribution in [0.5, 0.6) is 0 Å². The van der Waals surface area contributed by atoms with Gasteiger partial charge in [0.2, 0.25) is 0 Å². The molecule has 13 heavy (non-hydrogen) atoms. The van der Waals surface area contributed by atoms with Crippen LogP contribution in [-0.2, 0) is 9.31 Å². The van der Waals surface area contributed by atoms with Crippen LogP contribution >= 0.6 is 0 Å². The zero-order chi connectivity index (χ0) is 9.31. The fraction of sp³-hybridized carbons (Fsp3) is 0.500. The fourth-order valence-corrected chi connectivity index (χ4v) is 1.43. The number of rotatable bonds is 1. The van der Waals surface area contributed by atoms with Crippen molar-refractivity contribution in [3.63, 3.8) is 0 Å². The average molecular weight is 177 g/mol. The highest BCUT2D eigenvalue weighted by Gasteiger charge is 2.31. The van der Waals surface area contributed by atoms with Crippen molar-refractivity contribution in [1.29, 1.82) is 0 Å². The van der Waals surface area contributed by atoms with E-state index in [-0.39, 0.29) is 12.5 Å². The van der Waals surface area contributed by atoms with E-state index in [0.29, 0.717) is 0 Å². The van der Waals surface area contributed by atoms with Crippen molar-refractivity contribution in [3.8, 4) is 0 Å². The third-order valence-electron chi connectivity index (χ3n) is 2.21. The Kier molecular flexibility index (Phi) is 2.22. The second-order valence-corrected chi connectivity index (χ2v) is 4.34. The van der Waals surface area contributed by atoms with Crippen LogP contribution in [0.25, 0.3) is 0 Å². The second kappa shape index (κ2) is 3.24. The summed E-state index contributed by atoms with van der Waals surface area (Å²) in [5.74, 6) is 0. The summed E-state index contributed by atoms with van der Waals surface area (Å²) in [5.41, 5.74) is 1.28. The minimum atomic E-state index is -0.150. The van der Waals surface area contributed by atoms with Gasteiger partial charge in [0.05, 0.1) is 0 Å². The molecule has 1 fully saturated rings. The first-order valence-corrected chi connectivity index (χ1v) is 4.62. The Hall–Kier alpha value is -0.665. The summed E-state index contributed by atoms with van der Waals surface area (Å²) in [5, 5.41) is 0. The van der Waals surface area contributed by atoms with E-state index >= 15 is 0 Å². The molecule has 1 aliphatic heterocycles. The first kappa shape index (κ1) is 8.91. The van der Waals surface area contributed by atoms with Crippen LogP contribution in [0, 0.1) is 5.41 Å². The van der Waals surface area contributed by atoms with Crippen LogP contribution in [0.4, 0.5) is 0 Å². The molecule has 0 unspecified atom stereocenters. The standard InChI is InChI=1S/C10H14BO2/c1-10(2)7-12-11(13-8-10)9-5-3-4-6-9/h3-6H,7-8H2,1-2H3/q-1. The summed E-state index contributed by atoms with van der Waals surface area (Å²) < 4.78 is 11.2. The largest absolute Gasteiger partial charge is 0.467 e. The van der Waals surface area contributed by atoms with Gasteiger partial charge in [0.25, 0.3) is 0 Å². The van der Waals surface area contributed by atoms with Crippen molar-refractivity contribution in [2.75, 3.05) is 13.2 Å². The van der Waals surface area contributed by atoms with Gasteiger partial charge >= 0.3 is 7.12 Å². The molecule has 0 atom stereocenters. The molecule has 2 rings (SSSR count). The van der Waals surface area contributed by atoms with Gasteiger partial charge in [-0.3, -0.25) is 0 Å². The first-order valence-electron chi connectivity index (χ1n) is 4.62. The molecule has 1 aromatic rings. The Morgan fingerprint density at radius 1 is 1.38 bits per heavy atom. The Morgan fingerprint density at radius 3 is 2.62 bits per heavy atom. The van der Waals surface area contributed by atoms with Crippen molar-refractivity contribution < 1.29 is 9.31 Å². The molecule has 0 radical (unpaired) electrons. The number of hydrogen-bond acceptors (Lipinski definition) is 2. The summed E-state index contributed by atoms with van der Waals surface area (Å²) in [6.45, 7) is 5.83. The molecule has 0 aromatic heterocycles. The van der Waals surface area contributed by atoms with Gasteiger partial charge in [-0.25, -0.2) is 12.1 Å². The van der Waals surface area contributed by atoms with Gasteiger partial charge in [-0.2, -0.15) is 12.1 Å². The van der Waals surface area contributed by atoms with Crippen LogP contribution in [0.2, 0.25) is 0 Å². The molecule has 70 valence electrons. The zero-order valence-electron chi connectivity index (χ0n) is 8.12. The molecule has 0 bridgehead atoms. The van der Waals surface area contributed by atoms with Gasteiger partial charge in [0.1, 0.15) is 0 Å². The van der Waals surface area contributed by atoms with Crippen LogP contribution in [0.15, 0.2) is 24.3 Å². The SMILES string of the molecule is CC1(C)COB(c2ccc[cH-]2)OC1. The predicted molar refractivity (Wildman–Crippen MR) is 53.1 cm³/mol. The highest BCUT2D eigenvalue weighted by atomic mass is 16.6. The van der Waals surface area contributed by atoms with E-state index in [1.54, 1.807) is 0 Å². The van der Waals surface area contributed by atoms with Crippen LogP contribution < -0.4 is 5.46 Å². The predicted octanol–water partition coefficient (Wildman–Crippen LogP) is 1.17. The van der Waals surface area contributed by atoms with Crippen LogP contribution in [-0.4, -0.2) is 20.3 Å². The lowest BCUT2D eigenvalue weighted by Crippen LogP contribution is -2.46. The van der Waals surface area contributed by atoms with Gasteiger partial charge in [0.15, 0.2) is 0 Å². The normalized spacial score (nSPS) is 21.8. The molecule has 0 aliphatic carbocycles. The first-order chi connectivity index (χ1) is 6.17. The molecule has 1 aliphatic rings. The maximum absolute atomic E-state index is 5.62. The Balaban J connectivity index is 1.99. The van der Waals surface area contributed by atoms with Crippen molar-refractivity contribution >= 4 is 12.6 Å². The highest BCUT2D eigenvalue weighted by Crippen LogP contribution is 2.21. The molecule has 1 heterocycles. The highest BCUT2D eigenvalue weighted by molar-refractivity contribution is 6.61. The third-order valence-corrected chi connectivity index (χ3v) is 2.21.